The average Bonchev–Trinajstić information content (AvgIpc) is 2.63. The molecular formula is C18H27N3O2S. The number of carbonyl (C=O) groups is 1. The van der Waals surface area contributed by atoms with Gasteiger partial charge in [-0.15, -0.1) is 0 Å². The molecule has 1 aromatic carbocycles. The molecule has 24 heavy (non-hydrogen) atoms. The Kier molecular flexibility index (Phi) is 6.81. The normalized spacial score (nSPS) is 19.8. The van der Waals surface area contributed by atoms with Gasteiger partial charge in [0.2, 0.25) is 0 Å². The van der Waals surface area contributed by atoms with Gasteiger partial charge in [-0.25, -0.2) is 4.79 Å². The van der Waals surface area contributed by atoms with Gasteiger partial charge in [0, 0.05) is 31.4 Å². The fraction of sp³-hybridized carbons (Fsp3) is 0.611. The molecule has 2 aliphatic heterocycles. The molecule has 6 heteroatoms. The standard InChI is InChI=1S/C18H27N3O2S/c22-18(20-17-6-13-24-14-7-17)19-16-3-1-15(2-4-16)5-8-21-9-11-23-12-10-21/h1-4,17H,5-14H2,(H2,19,20,22). The number of morpholine rings is 1. The molecule has 2 fully saturated rings. The predicted molar refractivity (Wildman–Crippen MR) is 99.9 cm³/mol. The van der Waals surface area contributed by atoms with E-state index in [1.165, 1.54) is 5.56 Å². The Hall–Kier alpha value is -1.24. The summed E-state index contributed by atoms with van der Waals surface area (Å²) in [5.41, 5.74) is 2.16. The van der Waals surface area contributed by atoms with E-state index in [0.717, 1.165) is 69.3 Å². The third kappa shape index (κ3) is 5.69. The van der Waals surface area contributed by atoms with Crippen molar-refractivity contribution in [2.45, 2.75) is 25.3 Å². The Morgan fingerprint density at radius 3 is 2.58 bits per heavy atom. The third-order valence-electron chi connectivity index (χ3n) is 4.59. The summed E-state index contributed by atoms with van der Waals surface area (Å²) in [5.74, 6) is 2.28. The molecule has 2 N–H and O–H groups in total. The van der Waals surface area contributed by atoms with Crippen LogP contribution in [-0.4, -0.2) is 61.3 Å². The maximum absolute atomic E-state index is 12.1. The van der Waals surface area contributed by atoms with Gasteiger partial charge in [0.05, 0.1) is 13.2 Å². The first-order valence-corrected chi connectivity index (χ1v) is 9.99. The molecule has 2 saturated heterocycles. The van der Waals surface area contributed by atoms with E-state index in [0.29, 0.717) is 6.04 Å². The highest BCUT2D eigenvalue weighted by atomic mass is 32.2. The summed E-state index contributed by atoms with van der Waals surface area (Å²) in [4.78, 5) is 14.5. The zero-order valence-electron chi connectivity index (χ0n) is 14.1. The number of hydrogen-bond donors (Lipinski definition) is 2. The maximum Gasteiger partial charge on any atom is 0.319 e. The molecule has 0 radical (unpaired) electrons. The number of ether oxygens (including phenoxy) is 1. The number of nitrogens with zero attached hydrogens (tertiary/aromatic N) is 1. The number of amides is 2. The van der Waals surface area contributed by atoms with Gasteiger partial charge in [0.25, 0.3) is 0 Å². The largest absolute Gasteiger partial charge is 0.379 e. The smallest absolute Gasteiger partial charge is 0.319 e. The lowest BCUT2D eigenvalue weighted by molar-refractivity contribution is 0.0384. The van der Waals surface area contributed by atoms with Crippen LogP contribution in [-0.2, 0) is 11.2 Å². The molecule has 1 aromatic rings. The molecule has 0 aromatic heterocycles. The minimum Gasteiger partial charge on any atom is -0.379 e. The van der Waals surface area contributed by atoms with Crippen molar-refractivity contribution in [3.63, 3.8) is 0 Å². The first-order valence-electron chi connectivity index (χ1n) is 8.84. The first kappa shape index (κ1) is 17.6. The van der Waals surface area contributed by atoms with Crippen LogP contribution in [0, 0.1) is 0 Å². The van der Waals surface area contributed by atoms with Crippen LogP contribution in [0.2, 0.25) is 0 Å². The molecule has 0 bridgehead atoms. The lowest BCUT2D eigenvalue weighted by atomic mass is 10.1. The highest BCUT2D eigenvalue weighted by Gasteiger charge is 2.15. The summed E-state index contributed by atoms with van der Waals surface area (Å²) in [5, 5.41) is 6.01. The number of anilines is 1. The van der Waals surface area contributed by atoms with Crippen molar-refractivity contribution < 1.29 is 9.53 Å². The van der Waals surface area contributed by atoms with Gasteiger partial charge in [0.1, 0.15) is 0 Å². The SMILES string of the molecule is O=C(Nc1ccc(CCN2CCOCC2)cc1)NC1CCSCC1. The van der Waals surface area contributed by atoms with E-state index >= 15 is 0 Å². The monoisotopic (exact) mass is 349 g/mol. The molecule has 0 atom stereocenters. The van der Waals surface area contributed by atoms with Crippen molar-refractivity contribution in [3.8, 4) is 0 Å². The van der Waals surface area contributed by atoms with Crippen LogP contribution in [0.1, 0.15) is 18.4 Å². The third-order valence-corrected chi connectivity index (χ3v) is 5.64. The molecule has 0 unspecified atom stereocenters. The highest BCUT2D eigenvalue weighted by Crippen LogP contribution is 2.17. The van der Waals surface area contributed by atoms with E-state index in [4.69, 9.17) is 4.74 Å². The predicted octanol–water partition coefficient (Wildman–Crippen LogP) is 2.58. The molecule has 5 nitrogen and oxygen atoms in total. The molecule has 2 aliphatic rings. The van der Waals surface area contributed by atoms with Gasteiger partial charge in [-0.2, -0.15) is 11.8 Å². The van der Waals surface area contributed by atoms with E-state index in [1.807, 2.05) is 23.9 Å². The topological polar surface area (TPSA) is 53.6 Å². The van der Waals surface area contributed by atoms with Crippen molar-refractivity contribution >= 4 is 23.5 Å². The van der Waals surface area contributed by atoms with E-state index in [1.54, 1.807) is 0 Å². The number of urea groups is 1. The second-order valence-corrected chi connectivity index (χ2v) is 7.61. The summed E-state index contributed by atoms with van der Waals surface area (Å²) in [7, 11) is 0. The molecule has 2 heterocycles. The minimum absolute atomic E-state index is 0.0898. The molecule has 0 aliphatic carbocycles. The molecule has 0 spiro atoms. The van der Waals surface area contributed by atoms with Crippen LogP contribution in [0.4, 0.5) is 10.5 Å². The highest BCUT2D eigenvalue weighted by molar-refractivity contribution is 7.99. The first-order chi connectivity index (χ1) is 11.8. The van der Waals surface area contributed by atoms with Gasteiger partial charge in [0.15, 0.2) is 0 Å². The van der Waals surface area contributed by atoms with Crippen LogP contribution in [0.3, 0.4) is 0 Å². The Morgan fingerprint density at radius 2 is 1.88 bits per heavy atom. The minimum atomic E-state index is -0.0898. The Bertz CT molecular complexity index is 512. The van der Waals surface area contributed by atoms with Gasteiger partial charge in [-0.3, -0.25) is 4.90 Å². The number of carbonyl (C=O) groups excluding carboxylic acids is 1. The van der Waals surface area contributed by atoms with E-state index in [2.05, 4.69) is 27.7 Å². The Morgan fingerprint density at radius 1 is 1.17 bits per heavy atom. The average molecular weight is 350 g/mol. The summed E-state index contributed by atoms with van der Waals surface area (Å²) < 4.78 is 5.37. The van der Waals surface area contributed by atoms with Crippen molar-refractivity contribution in [1.82, 2.24) is 10.2 Å². The molecule has 3 rings (SSSR count). The van der Waals surface area contributed by atoms with Gasteiger partial charge in [-0.1, -0.05) is 12.1 Å². The van der Waals surface area contributed by atoms with Gasteiger partial charge in [-0.05, 0) is 48.5 Å². The van der Waals surface area contributed by atoms with E-state index < -0.39 is 0 Å². The molecule has 2 amide bonds. The lowest BCUT2D eigenvalue weighted by Crippen LogP contribution is -2.39. The van der Waals surface area contributed by atoms with E-state index in [9.17, 15) is 4.79 Å². The lowest BCUT2D eigenvalue weighted by Gasteiger charge is -2.26. The second-order valence-electron chi connectivity index (χ2n) is 6.39. The second kappa shape index (κ2) is 9.30. The molecule has 0 saturated carbocycles. The van der Waals surface area contributed by atoms with Crippen LogP contribution < -0.4 is 10.6 Å². The van der Waals surface area contributed by atoms with Crippen molar-refractivity contribution in [1.29, 1.82) is 0 Å². The molecule has 132 valence electrons. The van der Waals surface area contributed by atoms with Crippen LogP contribution in [0.5, 0.6) is 0 Å². The maximum atomic E-state index is 12.1. The zero-order valence-corrected chi connectivity index (χ0v) is 14.9. The van der Waals surface area contributed by atoms with Gasteiger partial charge < -0.3 is 15.4 Å². The summed E-state index contributed by atoms with van der Waals surface area (Å²) >= 11 is 1.96. The number of benzene rings is 1. The van der Waals surface area contributed by atoms with Crippen LogP contribution in [0.25, 0.3) is 0 Å². The number of rotatable bonds is 5. The quantitative estimate of drug-likeness (QED) is 0.858. The Balaban J connectivity index is 1.41. The Labute approximate surface area is 148 Å². The van der Waals surface area contributed by atoms with Crippen LogP contribution >= 0.6 is 11.8 Å². The van der Waals surface area contributed by atoms with Crippen molar-refractivity contribution in [3.05, 3.63) is 29.8 Å². The van der Waals surface area contributed by atoms with Crippen molar-refractivity contribution in [2.75, 3.05) is 49.7 Å². The number of thioether (sulfide) groups is 1. The van der Waals surface area contributed by atoms with Crippen LogP contribution in [0.15, 0.2) is 24.3 Å². The van der Waals surface area contributed by atoms with Gasteiger partial charge >= 0.3 is 6.03 Å². The fourth-order valence-electron chi connectivity index (χ4n) is 3.06. The van der Waals surface area contributed by atoms with Crippen molar-refractivity contribution in [2.24, 2.45) is 0 Å². The number of nitrogens with one attached hydrogen (secondary N) is 2. The summed E-state index contributed by atoms with van der Waals surface area (Å²) in [6, 6.07) is 8.42. The summed E-state index contributed by atoms with van der Waals surface area (Å²) in [6.45, 7) is 4.81. The fourth-order valence-corrected chi connectivity index (χ4v) is 4.17. The van der Waals surface area contributed by atoms with E-state index in [-0.39, 0.29) is 6.03 Å². The zero-order chi connectivity index (χ0) is 16.6. The number of hydrogen-bond acceptors (Lipinski definition) is 4. The molecular weight excluding hydrogens is 322 g/mol. The summed E-state index contributed by atoms with van der Waals surface area (Å²) in [6.07, 6.45) is 3.17.